The number of hydrogen-bond donors (Lipinski definition) is 0. The number of benzene rings is 7. The Morgan fingerprint density at radius 3 is 1.73 bits per heavy atom. The predicted molar refractivity (Wildman–Crippen MR) is 188 cm³/mol. The number of hydrogen-bond acceptors (Lipinski definition) is 1. The maximum absolute atomic E-state index is 6.63. The minimum atomic E-state index is 0.895. The summed E-state index contributed by atoms with van der Waals surface area (Å²) in [5.41, 5.74) is 11.1. The highest BCUT2D eigenvalue weighted by atomic mass is 16.3. The van der Waals surface area contributed by atoms with E-state index in [1.807, 2.05) is 6.07 Å². The Balaban J connectivity index is 1.40. The van der Waals surface area contributed by atoms with Crippen molar-refractivity contribution in [3.05, 3.63) is 158 Å². The molecule has 0 bridgehead atoms. The molecule has 0 N–H and O–H groups in total. The van der Waals surface area contributed by atoms with Crippen LogP contribution in [0.4, 0.5) is 0 Å². The van der Waals surface area contributed by atoms with E-state index in [9.17, 15) is 0 Å². The fourth-order valence-electron chi connectivity index (χ4n) is 7.38. The van der Waals surface area contributed by atoms with Gasteiger partial charge in [0.05, 0.1) is 27.8 Å². The maximum atomic E-state index is 6.63. The second kappa shape index (κ2) is 9.22. The number of para-hydroxylation sites is 4. The van der Waals surface area contributed by atoms with Crippen molar-refractivity contribution in [2.24, 2.45) is 0 Å². The Kier molecular flexibility index (Phi) is 5.00. The smallest absolute Gasteiger partial charge is 0.159 e. The van der Waals surface area contributed by atoms with Crippen molar-refractivity contribution in [1.29, 1.82) is 0 Å². The van der Waals surface area contributed by atoms with Crippen molar-refractivity contribution in [2.75, 3.05) is 0 Å². The van der Waals surface area contributed by atoms with Crippen LogP contribution in [0.1, 0.15) is 0 Å². The van der Waals surface area contributed by atoms with E-state index in [2.05, 4.69) is 161 Å². The zero-order chi connectivity index (χ0) is 29.5. The summed E-state index contributed by atoms with van der Waals surface area (Å²) in [6, 6.07) is 56.5. The van der Waals surface area contributed by atoms with Gasteiger partial charge in [0.2, 0.25) is 0 Å². The average molecular weight is 575 g/mol. The minimum Gasteiger partial charge on any atom is -0.454 e. The molecule has 7 aromatic carbocycles. The molecule has 3 heteroatoms. The third-order valence-electron chi connectivity index (χ3n) is 9.30. The largest absolute Gasteiger partial charge is 0.454 e. The highest BCUT2D eigenvalue weighted by Crippen LogP contribution is 2.43. The number of nitrogens with zero attached hydrogens (tertiary/aromatic N) is 2. The molecule has 0 unspecified atom stereocenters. The van der Waals surface area contributed by atoms with Crippen molar-refractivity contribution < 1.29 is 4.42 Å². The molecule has 0 saturated heterocycles. The van der Waals surface area contributed by atoms with Gasteiger partial charge >= 0.3 is 0 Å². The number of rotatable bonds is 3. The Morgan fingerprint density at radius 2 is 0.956 bits per heavy atom. The quantitative estimate of drug-likeness (QED) is 0.206. The fourth-order valence-corrected chi connectivity index (χ4v) is 7.38. The van der Waals surface area contributed by atoms with Gasteiger partial charge in [0.25, 0.3) is 0 Å². The topological polar surface area (TPSA) is 23.0 Å². The third-order valence-corrected chi connectivity index (χ3v) is 9.30. The summed E-state index contributed by atoms with van der Waals surface area (Å²) >= 11 is 0. The first-order valence-corrected chi connectivity index (χ1v) is 15.4. The van der Waals surface area contributed by atoms with E-state index in [4.69, 9.17) is 4.42 Å². The van der Waals surface area contributed by atoms with Crippen LogP contribution >= 0.6 is 0 Å². The van der Waals surface area contributed by atoms with Crippen molar-refractivity contribution in [2.45, 2.75) is 0 Å². The summed E-state index contributed by atoms with van der Waals surface area (Å²) in [5.74, 6) is 0. The maximum Gasteiger partial charge on any atom is 0.159 e. The monoisotopic (exact) mass is 574 g/mol. The lowest BCUT2D eigenvalue weighted by atomic mass is 10.1. The molecule has 0 spiro atoms. The number of furan rings is 1. The normalized spacial score (nSPS) is 12.0. The predicted octanol–water partition coefficient (Wildman–Crippen LogP) is 11.4. The molecule has 0 aliphatic carbocycles. The Bertz CT molecular complexity index is 2760. The second-order valence-electron chi connectivity index (χ2n) is 11.7. The van der Waals surface area contributed by atoms with E-state index >= 15 is 0 Å². The molecule has 10 rings (SSSR count). The highest BCUT2D eigenvalue weighted by Gasteiger charge is 2.23. The van der Waals surface area contributed by atoms with Crippen LogP contribution in [0.25, 0.3) is 88.1 Å². The van der Waals surface area contributed by atoms with Gasteiger partial charge in [-0.25, -0.2) is 0 Å². The van der Waals surface area contributed by atoms with Gasteiger partial charge in [-0.3, -0.25) is 0 Å². The van der Waals surface area contributed by atoms with Gasteiger partial charge in [0.15, 0.2) is 5.58 Å². The molecule has 0 aliphatic heterocycles. The van der Waals surface area contributed by atoms with Gasteiger partial charge in [-0.15, -0.1) is 0 Å². The molecular weight excluding hydrogens is 548 g/mol. The van der Waals surface area contributed by atoms with Crippen molar-refractivity contribution in [1.82, 2.24) is 9.13 Å². The summed E-state index contributed by atoms with van der Waals surface area (Å²) in [4.78, 5) is 0. The van der Waals surface area contributed by atoms with Crippen LogP contribution in [0.3, 0.4) is 0 Å². The van der Waals surface area contributed by atoms with Crippen LogP contribution in [0, 0.1) is 0 Å². The lowest BCUT2D eigenvalue weighted by Crippen LogP contribution is -1.99. The third kappa shape index (κ3) is 3.41. The van der Waals surface area contributed by atoms with Crippen molar-refractivity contribution >= 4 is 65.6 Å². The van der Waals surface area contributed by atoms with Crippen LogP contribution in [0.15, 0.2) is 162 Å². The lowest BCUT2D eigenvalue weighted by molar-refractivity contribution is 0.666. The van der Waals surface area contributed by atoms with Crippen LogP contribution < -0.4 is 0 Å². The summed E-state index contributed by atoms with van der Waals surface area (Å²) < 4.78 is 11.5. The van der Waals surface area contributed by atoms with Crippen LogP contribution in [-0.4, -0.2) is 9.13 Å². The zero-order valence-electron chi connectivity index (χ0n) is 24.3. The summed E-state index contributed by atoms with van der Waals surface area (Å²) in [5, 5.41) is 7.15. The SMILES string of the molecule is c1ccc(-c2cccc(-n3c4ccccc4c4ccc5c6ccccc6n(-c6cccc7c6oc6ccccc67)c5c43)c2)cc1. The standard InChI is InChI=1S/C42H26N2O/c1-2-12-27(13-3-1)28-14-10-15-29(26-28)43-36-20-7-4-16-30(36)33-24-25-34-31-17-5-8-21-37(31)44(41(34)40(33)43)38-22-11-19-35-32-18-6-9-23-39(32)45-42(35)38/h1-26H. The molecular formula is C42H26N2O. The summed E-state index contributed by atoms with van der Waals surface area (Å²) in [6.45, 7) is 0. The van der Waals surface area contributed by atoms with Crippen LogP contribution in [-0.2, 0) is 0 Å². The highest BCUT2D eigenvalue weighted by molar-refractivity contribution is 6.24. The minimum absolute atomic E-state index is 0.895. The van der Waals surface area contributed by atoms with Gasteiger partial charge in [-0.1, -0.05) is 121 Å². The first kappa shape index (κ1) is 24.4. The van der Waals surface area contributed by atoms with Gasteiger partial charge < -0.3 is 13.6 Å². The number of aromatic nitrogens is 2. The van der Waals surface area contributed by atoms with E-state index in [1.165, 1.54) is 49.2 Å². The van der Waals surface area contributed by atoms with Gasteiger partial charge in [-0.2, -0.15) is 0 Å². The van der Waals surface area contributed by atoms with E-state index in [1.54, 1.807) is 0 Å². The molecule has 0 amide bonds. The Hall–Kier alpha value is -6.06. The molecule has 210 valence electrons. The molecule has 3 aromatic heterocycles. The molecule has 10 aromatic rings. The lowest BCUT2D eigenvalue weighted by Gasteiger charge is -2.14. The Labute approximate surface area is 258 Å². The molecule has 3 heterocycles. The van der Waals surface area contributed by atoms with Crippen molar-refractivity contribution in [3.63, 3.8) is 0 Å². The average Bonchev–Trinajstić information content (AvgIpc) is 3.77. The number of fused-ring (bicyclic) bond motifs is 10. The van der Waals surface area contributed by atoms with Gasteiger partial charge in [-0.05, 0) is 47.5 Å². The molecule has 0 radical (unpaired) electrons. The Morgan fingerprint density at radius 1 is 0.378 bits per heavy atom. The van der Waals surface area contributed by atoms with Gasteiger partial charge in [0.1, 0.15) is 5.58 Å². The van der Waals surface area contributed by atoms with Crippen LogP contribution in [0.2, 0.25) is 0 Å². The molecule has 0 saturated carbocycles. The molecule has 0 fully saturated rings. The second-order valence-corrected chi connectivity index (χ2v) is 11.7. The van der Waals surface area contributed by atoms with E-state index < -0.39 is 0 Å². The van der Waals surface area contributed by atoms with Gasteiger partial charge in [0, 0.05) is 38.0 Å². The van der Waals surface area contributed by atoms with E-state index in [0.29, 0.717) is 0 Å². The first-order valence-electron chi connectivity index (χ1n) is 15.4. The van der Waals surface area contributed by atoms with E-state index in [0.717, 1.165) is 38.8 Å². The fraction of sp³-hybridized carbons (Fsp3) is 0. The summed E-state index contributed by atoms with van der Waals surface area (Å²) in [7, 11) is 0. The molecule has 0 atom stereocenters. The zero-order valence-corrected chi connectivity index (χ0v) is 24.3. The van der Waals surface area contributed by atoms with E-state index in [-0.39, 0.29) is 0 Å². The first-order chi connectivity index (χ1) is 22.3. The molecule has 45 heavy (non-hydrogen) atoms. The molecule has 0 aliphatic rings. The van der Waals surface area contributed by atoms with Crippen LogP contribution in [0.5, 0.6) is 0 Å². The molecule has 3 nitrogen and oxygen atoms in total. The summed E-state index contributed by atoms with van der Waals surface area (Å²) in [6.07, 6.45) is 0. The van der Waals surface area contributed by atoms with Crippen molar-refractivity contribution in [3.8, 4) is 22.5 Å².